The molecule has 2 heterocycles. The van der Waals surface area contributed by atoms with Gasteiger partial charge in [0.05, 0.1) is 0 Å². The summed E-state index contributed by atoms with van der Waals surface area (Å²) in [4.78, 5) is 16.7. The SMILES string of the molecule is Nc1nc(NCC2(C3CC3)CC2)nc(-n2ccnc2)n1. The number of nitrogens with zero attached hydrogens (tertiary/aromatic N) is 5. The summed E-state index contributed by atoms with van der Waals surface area (Å²) in [5.41, 5.74) is 6.25. The van der Waals surface area contributed by atoms with Crippen LogP contribution in [-0.2, 0) is 0 Å². The molecule has 104 valence electrons. The van der Waals surface area contributed by atoms with Crippen LogP contribution in [0.2, 0.25) is 0 Å². The number of anilines is 2. The van der Waals surface area contributed by atoms with Crippen molar-refractivity contribution in [1.29, 1.82) is 0 Å². The van der Waals surface area contributed by atoms with E-state index in [4.69, 9.17) is 5.73 Å². The largest absolute Gasteiger partial charge is 0.368 e. The minimum Gasteiger partial charge on any atom is -0.368 e. The van der Waals surface area contributed by atoms with Crippen molar-refractivity contribution in [3.8, 4) is 5.95 Å². The molecule has 0 aliphatic heterocycles. The molecule has 2 aliphatic carbocycles. The third kappa shape index (κ3) is 2.09. The first-order chi connectivity index (χ1) is 9.75. The summed E-state index contributed by atoms with van der Waals surface area (Å²) < 4.78 is 1.72. The quantitative estimate of drug-likeness (QED) is 0.849. The predicted molar refractivity (Wildman–Crippen MR) is 74.2 cm³/mol. The van der Waals surface area contributed by atoms with Gasteiger partial charge in [-0.3, -0.25) is 4.57 Å². The maximum absolute atomic E-state index is 5.76. The Kier molecular flexibility index (Phi) is 2.42. The fraction of sp³-hybridized carbons (Fsp3) is 0.538. The summed E-state index contributed by atoms with van der Waals surface area (Å²) in [7, 11) is 0. The van der Waals surface area contributed by atoms with Gasteiger partial charge < -0.3 is 11.1 Å². The van der Waals surface area contributed by atoms with E-state index < -0.39 is 0 Å². The lowest BCUT2D eigenvalue weighted by atomic mass is 10.0. The third-order valence-electron chi connectivity index (χ3n) is 4.31. The van der Waals surface area contributed by atoms with E-state index in [1.807, 2.05) is 0 Å². The Hall–Kier alpha value is -2.18. The number of aromatic nitrogens is 5. The van der Waals surface area contributed by atoms with Crippen molar-refractivity contribution < 1.29 is 0 Å². The molecule has 7 heteroatoms. The molecule has 4 rings (SSSR count). The Labute approximate surface area is 116 Å². The van der Waals surface area contributed by atoms with E-state index in [9.17, 15) is 0 Å². The Balaban J connectivity index is 1.53. The van der Waals surface area contributed by atoms with Crippen molar-refractivity contribution in [1.82, 2.24) is 24.5 Å². The van der Waals surface area contributed by atoms with Crippen molar-refractivity contribution in [3.05, 3.63) is 18.7 Å². The molecule has 20 heavy (non-hydrogen) atoms. The van der Waals surface area contributed by atoms with Crippen LogP contribution in [0.3, 0.4) is 0 Å². The van der Waals surface area contributed by atoms with Gasteiger partial charge in [-0.2, -0.15) is 15.0 Å². The lowest BCUT2D eigenvalue weighted by Crippen LogP contribution is -2.20. The highest BCUT2D eigenvalue weighted by molar-refractivity contribution is 5.35. The van der Waals surface area contributed by atoms with Crippen LogP contribution in [0, 0.1) is 11.3 Å². The predicted octanol–water partition coefficient (Wildman–Crippen LogP) is 1.24. The van der Waals surface area contributed by atoms with Crippen molar-refractivity contribution in [3.63, 3.8) is 0 Å². The highest BCUT2D eigenvalue weighted by atomic mass is 15.3. The molecule has 0 spiro atoms. The number of nitrogens with two attached hydrogens (primary N) is 1. The number of imidazole rings is 1. The van der Waals surface area contributed by atoms with Gasteiger partial charge in [0.25, 0.3) is 0 Å². The minimum absolute atomic E-state index is 0.225. The molecule has 2 aromatic rings. The first kappa shape index (κ1) is 11.6. The Morgan fingerprint density at radius 2 is 2.15 bits per heavy atom. The first-order valence-corrected chi connectivity index (χ1v) is 6.99. The highest BCUT2D eigenvalue weighted by Gasteiger charge is 2.53. The number of nitrogen functional groups attached to an aromatic ring is 1. The minimum atomic E-state index is 0.225. The van der Waals surface area contributed by atoms with Gasteiger partial charge in [0.2, 0.25) is 17.8 Å². The average molecular weight is 271 g/mol. The molecule has 0 radical (unpaired) electrons. The van der Waals surface area contributed by atoms with Crippen LogP contribution in [0.15, 0.2) is 18.7 Å². The zero-order chi connectivity index (χ0) is 13.6. The van der Waals surface area contributed by atoms with Gasteiger partial charge in [-0.1, -0.05) is 0 Å². The van der Waals surface area contributed by atoms with Gasteiger partial charge in [-0.15, -0.1) is 0 Å². The Morgan fingerprint density at radius 1 is 1.30 bits per heavy atom. The van der Waals surface area contributed by atoms with Crippen molar-refractivity contribution in [2.24, 2.45) is 11.3 Å². The molecule has 2 fully saturated rings. The van der Waals surface area contributed by atoms with E-state index in [-0.39, 0.29) is 5.95 Å². The molecule has 0 aromatic carbocycles. The fourth-order valence-corrected chi connectivity index (χ4v) is 2.79. The van der Waals surface area contributed by atoms with Crippen LogP contribution in [0.1, 0.15) is 25.7 Å². The van der Waals surface area contributed by atoms with Gasteiger partial charge in [0, 0.05) is 18.9 Å². The number of hydrogen-bond acceptors (Lipinski definition) is 6. The average Bonchev–Trinajstić information content (AvgIpc) is 3.34. The van der Waals surface area contributed by atoms with Crippen molar-refractivity contribution in [2.45, 2.75) is 25.7 Å². The lowest BCUT2D eigenvalue weighted by molar-refractivity contribution is 0.465. The molecule has 0 unspecified atom stereocenters. The van der Waals surface area contributed by atoms with E-state index >= 15 is 0 Å². The van der Waals surface area contributed by atoms with Crippen LogP contribution in [0.4, 0.5) is 11.9 Å². The van der Waals surface area contributed by atoms with Crippen molar-refractivity contribution >= 4 is 11.9 Å². The number of rotatable bonds is 5. The fourth-order valence-electron chi connectivity index (χ4n) is 2.79. The number of hydrogen-bond donors (Lipinski definition) is 2. The monoisotopic (exact) mass is 271 g/mol. The maximum atomic E-state index is 5.76. The summed E-state index contributed by atoms with van der Waals surface area (Å²) in [5.74, 6) is 2.17. The van der Waals surface area contributed by atoms with Crippen LogP contribution in [0.25, 0.3) is 5.95 Å². The van der Waals surface area contributed by atoms with Crippen LogP contribution >= 0.6 is 0 Å². The second-order valence-corrected chi connectivity index (χ2v) is 5.78. The molecule has 0 atom stereocenters. The molecule has 3 N–H and O–H groups in total. The summed E-state index contributed by atoms with van der Waals surface area (Å²) in [6.45, 7) is 0.935. The van der Waals surface area contributed by atoms with Gasteiger partial charge in [-0.05, 0) is 37.0 Å². The summed E-state index contributed by atoms with van der Waals surface area (Å²) in [5, 5.41) is 3.34. The normalized spacial score (nSPS) is 19.8. The van der Waals surface area contributed by atoms with Crippen LogP contribution < -0.4 is 11.1 Å². The van der Waals surface area contributed by atoms with Gasteiger partial charge >= 0.3 is 0 Å². The molecule has 0 saturated heterocycles. The molecule has 0 bridgehead atoms. The Bertz CT molecular complexity index is 614. The summed E-state index contributed by atoms with van der Waals surface area (Å²) in [6, 6.07) is 0. The van der Waals surface area contributed by atoms with Gasteiger partial charge in [0.1, 0.15) is 6.33 Å². The van der Waals surface area contributed by atoms with Crippen LogP contribution in [0.5, 0.6) is 0 Å². The summed E-state index contributed by atoms with van der Waals surface area (Å²) >= 11 is 0. The smallest absolute Gasteiger partial charge is 0.241 e. The van der Waals surface area contributed by atoms with E-state index in [1.54, 1.807) is 23.3 Å². The lowest BCUT2D eigenvalue weighted by Gasteiger charge is -2.15. The molecule has 2 aromatic heterocycles. The van der Waals surface area contributed by atoms with E-state index in [1.165, 1.54) is 25.7 Å². The van der Waals surface area contributed by atoms with E-state index in [2.05, 4.69) is 25.3 Å². The molecular formula is C13H17N7. The van der Waals surface area contributed by atoms with E-state index in [0.717, 1.165) is 12.5 Å². The highest BCUT2D eigenvalue weighted by Crippen LogP contribution is 2.61. The molecule has 2 aliphatic rings. The topological polar surface area (TPSA) is 94.5 Å². The summed E-state index contributed by atoms with van der Waals surface area (Å²) in [6.07, 6.45) is 10.5. The standard InChI is InChI=1S/C13H17N7/c14-10-17-11(16-7-13(3-4-13)9-1-2-9)19-12(18-10)20-6-5-15-8-20/h5-6,8-9H,1-4,7H2,(H3,14,16,17,18,19). The molecule has 0 amide bonds. The zero-order valence-electron chi connectivity index (χ0n) is 11.2. The van der Waals surface area contributed by atoms with Crippen molar-refractivity contribution in [2.75, 3.05) is 17.6 Å². The van der Waals surface area contributed by atoms with Gasteiger partial charge in [0.15, 0.2) is 0 Å². The molecule has 7 nitrogen and oxygen atoms in total. The van der Waals surface area contributed by atoms with E-state index in [0.29, 0.717) is 17.3 Å². The molecule has 2 saturated carbocycles. The van der Waals surface area contributed by atoms with Gasteiger partial charge in [-0.25, -0.2) is 4.98 Å². The van der Waals surface area contributed by atoms with Crippen LogP contribution in [-0.4, -0.2) is 31.0 Å². The third-order valence-corrected chi connectivity index (χ3v) is 4.31. The first-order valence-electron chi connectivity index (χ1n) is 6.99. The Morgan fingerprint density at radius 3 is 2.80 bits per heavy atom. The molecular weight excluding hydrogens is 254 g/mol. The maximum Gasteiger partial charge on any atom is 0.241 e. The zero-order valence-corrected chi connectivity index (χ0v) is 11.2. The second kappa shape index (κ2) is 4.16. The number of nitrogens with one attached hydrogen (secondary N) is 1. The second-order valence-electron chi connectivity index (χ2n) is 5.78.